The molecule has 6 heteroatoms. The van der Waals surface area contributed by atoms with Crippen LogP contribution in [0.3, 0.4) is 0 Å². The van der Waals surface area contributed by atoms with Crippen LogP contribution in [0, 0.1) is 5.92 Å². The van der Waals surface area contributed by atoms with Crippen LogP contribution < -0.4 is 0 Å². The first-order chi connectivity index (χ1) is 7.40. The lowest BCUT2D eigenvalue weighted by atomic mass is 10.1. The zero-order valence-corrected chi connectivity index (χ0v) is 9.42. The molecule has 0 aliphatic heterocycles. The Morgan fingerprint density at radius 1 is 1.56 bits per heavy atom. The summed E-state index contributed by atoms with van der Waals surface area (Å²) < 4.78 is 4.70. The van der Waals surface area contributed by atoms with Gasteiger partial charge in [-0.15, -0.1) is 0 Å². The SMILES string of the molecule is C=CCOC(=O)N(C)CC(O)C(C)C(=O)O. The molecule has 0 radical (unpaired) electrons. The number of carboxylic acids is 1. The number of likely N-dealkylation sites (N-methyl/N-ethyl adjacent to an activating group) is 1. The number of hydrogen-bond acceptors (Lipinski definition) is 4. The number of carbonyl (C=O) groups excluding carboxylic acids is 1. The van der Waals surface area contributed by atoms with Crippen LogP contribution in [0.2, 0.25) is 0 Å². The number of carboxylic acid groups (broad SMARTS) is 1. The Morgan fingerprint density at radius 3 is 2.56 bits per heavy atom. The van der Waals surface area contributed by atoms with E-state index in [4.69, 9.17) is 9.84 Å². The summed E-state index contributed by atoms with van der Waals surface area (Å²) in [5, 5.41) is 18.1. The van der Waals surface area contributed by atoms with Gasteiger partial charge in [0.15, 0.2) is 0 Å². The molecule has 16 heavy (non-hydrogen) atoms. The Labute approximate surface area is 94.1 Å². The Kier molecular flexibility index (Phi) is 6.17. The Bertz CT molecular complexity index is 266. The maximum Gasteiger partial charge on any atom is 0.409 e. The number of aliphatic hydroxyl groups excluding tert-OH is 1. The van der Waals surface area contributed by atoms with Crippen LogP contribution in [0.5, 0.6) is 0 Å². The first-order valence-electron chi connectivity index (χ1n) is 4.79. The molecule has 6 nitrogen and oxygen atoms in total. The van der Waals surface area contributed by atoms with Crippen LogP contribution in [0.1, 0.15) is 6.92 Å². The maximum absolute atomic E-state index is 11.2. The fourth-order valence-corrected chi connectivity index (χ4v) is 0.918. The number of hydrogen-bond donors (Lipinski definition) is 2. The number of amides is 1. The van der Waals surface area contributed by atoms with Crippen molar-refractivity contribution >= 4 is 12.1 Å². The maximum atomic E-state index is 11.2. The summed E-state index contributed by atoms with van der Waals surface area (Å²) in [6, 6.07) is 0. The molecular weight excluding hydrogens is 214 g/mol. The van der Waals surface area contributed by atoms with Crippen LogP contribution in [-0.4, -0.2) is 53.5 Å². The minimum atomic E-state index is -1.13. The van der Waals surface area contributed by atoms with E-state index in [9.17, 15) is 14.7 Å². The number of nitrogens with zero attached hydrogens (tertiary/aromatic N) is 1. The lowest BCUT2D eigenvalue weighted by molar-refractivity contribution is -0.145. The zero-order chi connectivity index (χ0) is 12.7. The second-order valence-electron chi connectivity index (χ2n) is 3.44. The molecule has 0 aromatic carbocycles. The Hall–Kier alpha value is -1.56. The summed E-state index contributed by atoms with van der Waals surface area (Å²) in [7, 11) is 1.42. The van der Waals surface area contributed by atoms with Gasteiger partial charge in [-0.2, -0.15) is 0 Å². The van der Waals surface area contributed by atoms with Gasteiger partial charge in [0.05, 0.1) is 18.6 Å². The number of rotatable bonds is 6. The van der Waals surface area contributed by atoms with Crippen molar-refractivity contribution in [3.63, 3.8) is 0 Å². The molecule has 0 fully saturated rings. The standard InChI is InChI=1S/C10H17NO5/c1-4-5-16-10(15)11(3)6-8(12)7(2)9(13)14/h4,7-8,12H,1,5-6H2,2-3H3,(H,13,14). The number of carbonyl (C=O) groups is 2. The van der Waals surface area contributed by atoms with Crippen molar-refractivity contribution in [2.75, 3.05) is 20.2 Å². The molecule has 1 amide bonds. The third-order valence-corrected chi connectivity index (χ3v) is 2.06. The molecule has 0 saturated carbocycles. The highest BCUT2D eigenvalue weighted by atomic mass is 16.6. The van der Waals surface area contributed by atoms with E-state index in [0.717, 1.165) is 4.90 Å². The van der Waals surface area contributed by atoms with Crippen LogP contribution in [0.15, 0.2) is 12.7 Å². The van der Waals surface area contributed by atoms with Crippen LogP contribution in [0.4, 0.5) is 4.79 Å². The van der Waals surface area contributed by atoms with Crippen molar-refractivity contribution < 1.29 is 24.5 Å². The molecule has 0 bridgehead atoms. The summed E-state index contributed by atoms with van der Waals surface area (Å²) >= 11 is 0. The first-order valence-corrected chi connectivity index (χ1v) is 4.79. The monoisotopic (exact) mass is 231 g/mol. The quantitative estimate of drug-likeness (QED) is 0.643. The first kappa shape index (κ1) is 14.4. The van der Waals surface area contributed by atoms with Crippen LogP contribution in [-0.2, 0) is 9.53 Å². The van der Waals surface area contributed by atoms with Crippen molar-refractivity contribution in [3.8, 4) is 0 Å². The minimum absolute atomic E-state index is 0.0771. The highest BCUT2D eigenvalue weighted by Gasteiger charge is 2.24. The van der Waals surface area contributed by atoms with Crippen molar-refractivity contribution in [2.24, 2.45) is 5.92 Å². The van der Waals surface area contributed by atoms with Gasteiger partial charge in [0.2, 0.25) is 0 Å². The molecule has 2 atom stereocenters. The minimum Gasteiger partial charge on any atom is -0.481 e. The highest BCUT2D eigenvalue weighted by molar-refractivity contribution is 5.71. The number of aliphatic hydroxyl groups is 1. The summed E-state index contributed by atoms with van der Waals surface area (Å²) in [4.78, 5) is 22.9. The lowest BCUT2D eigenvalue weighted by Crippen LogP contribution is -2.39. The number of ether oxygens (including phenoxy) is 1. The zero-order valence-electron chi connectivity index (χ0n) is 9.42. The lowest BCUT2D eigenvalue weighted by Gasteiger charge is -2.22. The molecule has 0 saturated heterocycles. The molecule has 0 aliphatic carbocycles. The predicted molar refractivity (Wildman–Crippen MR) is 57.0 cm³/mol. The van der Waals surface area contributed by atoms with E-state index in [0.29, 0.717) is 0 Å². The molecule has 2 N–H and O–H groups in total. The van der Waals surface area contributed by atoms with Gasteiger partial charge in [0.1, 0.15) is 6.61 Å². The van der Waals surface area contributed by atoms with E-state index in [-0.39, 0.29) is 13.2 Å². The molecule has 0 heterocycles. The average molecular weight is 231 g/mol. The molecule has 0 aromatic heterocycles. The van der Waals surface area contributed by atoms with Gasteiger partial charge in [0.25, 0.3) is 0 Å². The summed E-state index contributed by atoms with van der Waals surface area (Å²) in [6.45, 7) is 4.74. The van der Waals surface area contributed by atoms with E-state index in [1.165, 1.54) is 20.0 Å². The topological polar surface area (TPSA) is 87.1 Å². The predicted octanol–water partition coefficient (Wildman–Crippen LogP) is 0.322. The molecule has 0 aromatic rings. The van der Waals surface area contributed by atoms with Gasteiger partial charge in [-0.3, -0.25) is 4.79 Å². The van der Waals surface area contributed by atoms with Gasteiger partial charge >= 0.3 is 12.1 Å². The van der Waals surface area contributed by atoms with Crippen LogP contribution in [0.25, 0.3) is 0 Å². The van der Waals surface area contributed by atoms with E-state index < -0.39 is 24.1 Å². The second-order valence-corrected chi connectivity index (χ2v) is 3.44. The van der Waals surface area contributed by atoms with E-state index in [2.05, 4.69) is 6.58 Å². The molecular formula is C10H17NO5. The molecule has 0 rings (SSSR count). The Balaban J connectivity index is 4.12. The summed E-state index contributed by atoms with van der Waals surface area (Å²) in [5.74, 6) is -2.05. The summed E-state index contributed by atoms with van der Waals surface area (Å²) in [5.41, 5.74) is 0. The molecule has 92 valence electrons. The van der Waals surface area contributed by atoms with Crippen molar-refractivity contribution in [1.29, 1.82) is 0 Å². The Morgan fingerprint density at radius 2 is 2.12 bits per heavy atom. The van der Waals surface area contributed by atoms with Gasteiger partial charge < -0.3 is 19.8 Å². The van der Waals surface area contributed by atoms with E-state index in [1.54, 1.807) is 0 Å². The molecule has 0 spiro atoms. The second kappa shape index (κ2) is 6.84. The van der Waals surface area contributed by atoms with E-state index in [1.807, 2.05) is 0 Å². The third kappa shape index (κ3) is 4.79. The average Bonchev–Trinajstić information content (AvgIpc) is 2.24. The fraction of sp³-hybridized carbons (Fsp3) is 0.600. The number of aliphatic carboxylic acids is 1. The fourth-order valence-electron chi connectivity index (χ4n) is 0.918. The molecule has 2 unspecified atom stereocenters. The third-order valence-electron chi connectivity index (χ3n) is 2.06. The van der Waals surface area contributed by atoms with Crippen molar-refractivity contribution in [1.82, 2.24) is 4.90 Å². The van der Waals surface area contributed by atoms with Crippen LogP contribution >= 0.6 is 0 Å². The van der Waals surface area contributed by atoms with Crippen molar-refractivity contribution in [3.05, 3.63) is 12.7 Å². The largest absolute Gasteiger partial charge is 0.481 e. The normalized spacial score (nSPS) is 13.7. The van der Waals surface area contributed by atoms with E-state index >= 15 is 0 Å². The highest BCUT2D eigenvalue weighted by Crippen LogP contribution is 2.05. The van der Waals surface area contributed by atoms with Gasteiger partial charge in [-0.05, 0) is 6.92 Å². The smallest absolute Gasteiger partial charge is 0.409 e. The van der Waals surface area contributed by atoms with Gasteiger partial charge in [0, 0.05) is 7.05 Å². The van der Waals surface area contributed by atoms with Gasteiger partial charge in [-0.25, -0.2) is 4.79 Å². The summed E-state index contributed by atoms with van der Waals surface area (Å²) in [6.07, 6.45) is -0.336. The molecule has 0 aliphatic rings. The van der Waals surface area contributed by atoms with Crippen molar-refractivity contribution in [2.45, 2.75) is 13.0 Å². The van der Waals surface area contributed by atoms with Gasteiger partial charge in [-0.1, -0.05) is 12.7 Å².